The Morgan fingerprint density at radius 1 is 0.388 bits per heavy atom. The van der Waals surface area contributed by atoms with Crippen molar-refractivity contribution < 1.29 is 29.0 Å². The summed E-state index contributed by atoms with van der Waals surface area (Å²) in [6.07, 6.45) is 0. The molecule has 412 valence electrons. The summed E-state index contributed by atoms with van der Waals surface area (Å²) in [5.41, 5.74) is 31.4. The third-order valence-electron chi connectivity index (χ3n) is 14.6. The molecule has 0 saturated carbocycles. The SMILES string of the molecule is COc1ccc(C([NH-])(c2ccc(OC)cc2)C([NH-])C(C)C)cc1.Cc1cc(C)cc(P(c2cc(C)cc(C)c2)c2ccc3ccccc3c2-c2c(P(c3cc(C)cc(C)c3)c3cc(C)cc(C)c3)ccc3ccccc23)c1.Cl.Cl.[Ru+2]. The minimum absolute atomic E-state index is 0. The molecule has 0 aliphatic heterocycles. The Balaban J connectivity index is 0.000000336. The molecule has 0 radical (unpaired) electrons. The fourth-order valence-corrected chi connectivity index (χ4v) is 17.1. The predicted molar refractivity (Wildman–Crippen MR) is 351 cm³/mol. The number of halogens is 2. The van der Waals surface area contributed by atoms with Crippen LogP contribution in [0.15, 0.2) is 194 Å². The molecule has 0 amide bonds. The van der Waals surface area contributed by atoms with E-state index in [1.807, 2.05) is 62.4 Å². The van der Waals surface area contributed by atoms with Crippen molar-refractivity contribution in [1.29, 1.82) is 0 Å². The first kappa shape index (κ1) is 63.5. The van der Waals surface area contributed by atoms with E-state index in [9.17, 15) is 0 Å². The monoisotopic (exact) mass is 1220 g/mol. The summed E-state index contributed by atoms with van der Waals surface area (Å²) >= 11 is 0. The van der Waals surface area contributed by atoms with Gasteiger partial charge in [0.1, 0.15) is 11.5 Å². The van der Waals surface area contributed by atoms with E-state index in [0.717, 1.165) is 22.6 Å². The first-order valence-electron chi connectivity index (χ1n) is 26.7. The maximum absolute atomic E-state index is 9.12. The molecule has 0 saturated heterocycles. The molecule has 4 nitrogen and oxygen atoms in total. The first-order chi connectivity index (χ1) is 36.9. The van der Waals surface area contributed by atoms with E-state index in [-0.39, 0.29) is 50.2 Å². The average molecular weight is 1220 g/mol. The third kappa shape index (κ3) is 13.6. The van der Waals surface area contributed by atoms with Crippen LogP contribution >= 0.6 is 40.7 Å². The molecule has 0 aliphatic rings. The Labute approximate surface area is 504 Å². The van der Waals surface area contributed by atoms with E-state index >= 15 is 0 Å². The minimum Gasteiger partial charge on any atom is -0.675 e. The Morgan fingerprint density at radius 3 is 0.925 bits per heavy atom. The largest absolute Gasteiger partial charge is 2.00 e. The van der Waals surface area contributed by atoms with Crippen LogP contribution < -0.4 is 41.3 Å². The van der Waals surface area contributed by atoms with Gasteiger partial charge < -0.3 is 20.9 Å². The zero-order valence-electron chi connectivity index (χ0n) is 48.0. The van der Waals surface area contributed by atoms with Crippen LogP contribution in [-0.2, 0) is 25.0 Å². The number of hydrogen-bond acceptors (Lipinski definition) is 2. The van der Waals surface area contributed by atoms with E-state index in [4.69, 9.17) is 20.9 Å². The van der Waals surface area contributed by atoms with Gasteiger partial charge in [-0.1, -0.05) is 251 Å². The summed E-state index contributed by atoms with van der Waals surface area (Å²) in [4.78, 5) is 0. The standard InChI is InChI=1S/C52H48P2.C19H24N2O2.2ClH.Ru/c1-33-21-34(2)26-43(25-33)53(44-27-35(3)22-36(4)28-44)49-19-17-41-13-9-11-15-47(41)51(49)52-48-16-12-10-14-42(48)18-20-50(52)54(45-29-37(5)23-38(6)30-45)46-31-39(7)24-40(8)32-46;1-13(2)18(20)19(21,14-5-9-16(22-3)10-6-14)15-7-11-17(23-4)12-8-15;;;/h9-32H,1-8H3;5-13,18,20-21H,1-4H3;2*1H;/q;-2;;;+2. The quantitative estimate of drug-likeness (QED) is 0.0853. The van der Waals surface area contributed by atoms with E-state index in [1.54, 1.807) is 14.2 Å². The van der Waals surface area contributed by atoms with E-state index < -0.39 is 27.4 Å². The van der Waals surface area contributed by atoms with Gasteiger partial charge in [0.05, 0.1) is 14.2 Å². The predicted octanol–water partition coefficient (Wildman–Crippen LogP) is 17.6. The summed E-state index contributed by atoms with van der Waals surface area (Å²) in [5.74, 6) is 1.55. The van der Waals surface area contributed by atoms with E-state index in [0.29, 0.717) is 0 Å². The van der Waals surface area contributed by atoms with Gasteiger partial charge in [-0.25, -0.2) is 0 Å². The van der Waals surface area contributed by atoms with Crippen LogP contribution in [0.5, 0.6) is 11.5 Å². The molecule has 80 heavy (non-hydrogen) atoms. The van der Waals surface area contributed by atoms with Crippen molar-refractivity contribution in [3.63, 3.8) is 0 Å². The van der Waals surface area contributed by atoms with Gasteiger partial charge in [0.2, 0.25) is 0 Å². The number of ether oxygens (including phenoxy) is 2. The van der Waals surface area contributed by atoms with Crippen molar-refractivity contribution in [1.82, 2.24) is 0 Å². The number of nitrogens with one attached hydrogen (secondary N) is 2. The molecule has 1 atom stereocenters. The Hall–Kier alpha value is -5.70. The molecule has 0 heterocycles. The summed E-state index contributed by atoms with van der Waals surface area (Å²) in [6.45, 7) is 21.9. The van der Waals surface area contributed by atoms with Gasteiger partial charge >= 0.3 is 19.5 Å². The summed E-state index contributed by atoms with van der Waals surface area (Å²) in [5, 5.41) is 13.6. The van der Waals surface area contributed by atoms with Crippen LogP contribution in [0.25, 0.3) is 44.1 Å². The molecule has 10 rings (SSSR count). The molecule has 2 N–H and O–H groups in total. The smallest absolute Gasteiger partial charge is 0.675 e. The summed E-state index contributed by atoms with van der Waals surface area (Å²) < 4.78 is 10.4. The van der Waals surface area contributed by atoms with Crippen molar-refractivity contribution in [2.24, 2.45) is 5.92 Å². The molecule has 9 heteroatoms. The van der Waals surface area contributed by atoms with Gasteiger partial charge in [-0.15, -0.1) is 30.9 Å². The zero-order valence-corrected chi connectivity index (χ0v) is 53.2. The van der Waals surface area contributed by atoms with Crippen LogP contribution in [0.2, 0.25) is 0 Å². The van der Waals surface area contributed by atoms with Crippen LogP contribution in [0.4, 0.5) is 0 Å². The molecule has 10 aromatic rings. The molecule has 10 aromatic carbocycles. The van der Waals surface area contributed by atoms with Gasteiger partial charge in [0.25, 0.3) is 0 Å². The summed E-state index contributed by atoms with van der Waals surface area (Å²) in [6, 6.07) is 70.9. The Bertz CT molecular complexity index is 3330. The van der Waals surface area contributed by atoms with E-state index in [1.165, 1.54) is 109 Å². The minimum atomic E-state index is -1.15. The van der Waals surface area contributed by atoms with Gasteiger partial charge in [-0.05, 0) is 160 Å². The normalized spacial score (nSPS) is 11.6. The van der Waals surface area contributed by atoms with Gasteiger partial charge in [-0.3, -0.25) is 0 Å². The van der Waals surface area contributed by atoms with Crippen LogP contribution in [0.3, 0.4) is 0 Å². The van der Waals surface area contributed by atoms with Crippen LogP contribution in [-0.4, -0.2) is 20.3 Å². The molecule has 0 aliphatic carbocycles. The second kappa shape index (κ2) is 27.4. The number of rotatable bonds is 13. The summed E-state index contributed by atoms with van der Waals surface area (Å²) in [7, 11) is 1.36. The molecule has 0 spiro atoms. The molecule has 0 aromatic heterocycles. The number of benzene rings is 10. The van der Waals surface area contributed by atoms with Gasteiger partial charge in [0.15, 0.2) is 0 Å². The van der Waals surface area contributed by atoms with Gasteiger partial charge in [-0.2, -0.15) is 0 Å². The number of hydrogen-bond donors (Lipinski definition) is 0. The number of methoxy groups -OCH3 is 2. The molecule has 1 unspecified atom stereocenters. The Kier molecular flexibility index (Phi) is 21.7. The van der Waals surface area contributed by atoms with Crippen LogP contribution in [0.1, 0.15) is 69.5 Å². The second-order valence-electron chi connectivity index (χ2n) is 21.4. The molecular weight excluding hydrogens is 1150 g/mol. The van der Waals surface area contributed by atoms with E-state index in [2.05, 4.69) is 201 Å². The number of fused-ring (bicyclic) bond motifs is 2. The van der Waals surface area contributed by atoms with Gasteiger partial charge in [0, 0.05) is 0 Å². The van der Waals surface area contributed by atoms with Crippen molar-refractivity contribution in [2.45, 2.75) is 80.8 Å². The zero-order chi connectivity index (χ0) is 54.7. The molecule has 0 bridgehead atoms. The average Bonchev–Trinajstić information content (AvgIpc) is 3.48. The topological polar surface area (TPSA) is 66.1 Å². The van der Waals surface area contributed by atoms with Crippen molar-refractivity contribution >= 4 is 94.0 Å². The maximum Gasteiger partial charge on any atom is 2.00 e. The fourth-order valence-electron chi connectivity index (χ4n) is 11.3. The third-order valence-corrected chi connectivity index (χ3v) is 19.4. The Morgan fingerprint density at radius 2 is 0.662 bits per heavy atom. The number of aryl methyl sites for hydroxylation is 8. The maximum atomic E-state index is 9.12. The van der Waals surface area contributed by atoms with Crippen molar-refractivity contribution in [2.75, 3.05) is 14.2 Å². The molecule has 0 fully saturated rings. The first-order valence-corrected chi connectivity index (χ1v) is 29.4. The fraction of sp³-hybridized carbons (Fsp3) is 0.211. The molecular formula is C71H74Cl2N2O2P2Ru. The van der Waals surface area contributed by atoms with Crippen molar-refractivity contribution in [3.05, 3.63) is 261 Å². The van der Waals surface area contributed by atoms with Crippen LogP contribution in [0, 0.1) is 61.3 Å². The van der Waals surface area contributed by atoms with Crippen molar-refractivity contribution in [3.8, 4) is 22.6 Å². The second-order valence-corrected chi connectivity index (χ2v) is 25.8.